The molecule has 0 radical (unpaired) electrons. The number of carboxylic acids is 1. The molecule has 19 heavy (non-hydrogen) atoms. The molecular weight excluding hydrogens is 246 g/mol. The van der Waals surface area contributed by atoms with E-state index >= 15 is 0 Å². The molecule has 1 heterocycles. The molecule has 5 heteroatoms. The van der Waals surface area contributed by atoms with Crippen LogP contribution in [0.15, 0.2) is 10.5 Å². The smallest absolute Gasteiger partial charge is 0.339 e. The standard InChI is InChI=1S/C14H21NO4/c1-9-13(14(17)18)6-12(19-9)8-15-7-10-3-2-4-11(16)5-10/h6,10-11,15-16H,2-5,7-8H2,1H3,(H,17,18). The van der Waals surface area contributed by atoms with Crippen molar-refractivity contribution in [2.24, 2.45) is 5.92 Å². The summed E-state index contributed by atoms with van der Waals surface area (Å²) in [7, 11) is 0. The summed E-state index contributed by atoms with van der Waals surface area (Å²) in [5.74, 6) is 0.630. The van der Waals surface area contributed by atoms with Gasteiger partial charge < -0.3 is 19.9 Å². The number of aliphatic hydroxyl groups excluding tert-OH is 1. The molecule has 3 N–H and O–H groups in total. The van der Waals surface area contributed by atoms with Crippen molar-refractivity contribution in [3.05, 3.63) is 23.2 Å². The molecule has 5 nitrogen and oxygen atoms in total. The number of hydrogen-bond donors (Lipinski definition) is 3. The molecular formula is C14H21NO4. The second kappa shape index (κ2) is 6.21. The van der Waals surface area contributed by atoms with Crippen LogP contribution in [0.3, 0.4) is 0 Å². The second-order valence-corrected chi connectivity index (χ2v) is 5.31. The number of carboxylic acid groups (broad SMARTS) is 1. The van der Waals surface area contributed by atoms with Gasteiger partial charge in [-0.05, 0) is 44.7 Å². The van der Waals surface area contributed by atoms with Gasteiger partial charge in [-0.1, -0.05) is 6.42 Å². The van der Waals surface area contributed by atoms with Crippen LogP contribution in [0.5, 0.6) is 0 Å². The van der Waals surface area contributed by atoms with Crippen molar-refractivity contribution in [3.8, 4) is 0 Å². The summed E-state index contributed by atoms with van der Waals surface area (Å²) < 4.78 is 5.39. The van der Waals surface area contributed by atoms with Crippen molar-refractivity contribution in [1.29, 1.82) is 0 Å². The predicted molar refractivity (Wildman–Crippen MR) is 70.1 cm³/mol. The molecule has 1 aliphatic carbocycles. The van der Waals surface area contributed by atoms with Gasteiger partial charge in [0, 0.05) is 0 Å². The van der Waals surface area contributed by atoms with Crippen LogP contribution in [-0.4, -0.2) is 28.8 Å². The van der Waals surface area contributed by atoms with E-state index in [1.165, 1.54) is 0 Å². The Morgan fingerprint density at radius 1 is 1.53 bits per heavy atom. The van der Waals surface area contributed by atoms with Crippen molar-refractivity contribution >= 4 is 5.97 Å². The SMILES string of the molecule is Cc1oc(CNCC2CCCC(O)C2)cc1C(=O)O. The third kappa shape index (κ3) is 3.81. The maximum atomic E-state index is 10.9. The van der Waals surface area contributed by atoms with Gasteiger partial charge in [0.05, 0.1) is 12.6 Å². The van der Waals surface area contributed by atoms with Gasteiger partial charge in [-0.15, -0.1) is 0 Å². The molecule has 2 unspecified atom stereocenters. The van der Waals surface area contributed by atoms with Crippen molar-refractivity contribution in [2.75, 3.05) is 6.54 Å². The van der Waals surface area contributed by atoms with Crippen molar-refractivity contribution in [2.45, 2.75) is 45.3 Å². The lowest BCUT2D eigenvalue weighted by Crippen LogP contribution is -2.28. The first-order chi connectivity index (χ1) is 9.06. The molecule has 106 valence electrons. The zero-order valence-corrected chi connectivity index (χ0v) is 11.2. The average molecular weight is 267 g/mol. The number of carbonyl (C=O) groups is 1. The van der Waals surface area contributed by atoms with Gasteiger partial charge in [-0.2, -0.15) is 0 Å². The third-order valence-electron chi connectivity index (χ3n) is 3.69. The van der Waals surface area contributed by atoms with Gasteiger partial charge in [0.15, 0.2) is 0 Å². The summed E-state index contributed by atoms with van der Waals surface area (Å²) in [5.41, 5.74) is 0.227. The van der Waals surface area contributed by atoms with E-state index < -0.39 is 5.97 Å². The maximum Gasteiger partial charge on any atom is 0.339 e. The van der Waals surface area contributed by atoms with E-state index in [2.05, 4.69) is 5.32 Å². The van der Waals surface area contributed by atoms with Gasteiger partial charge >= 0.3 is 5.97 Å². The van der Waals surface area contributed by atoms with Gasteiger partial charge in [-0.3, -0.25) is 0 Å². The Kier molecular flexibility index (Phi) is 4.61. The Labute approximate surface area is 112 Å². The summed E-state index contributed by atoms with van der Waals surface area (Å²) >= 11 is 0. The molecule has 0 saturated heterocycles. The summed E-state index contributed by atoms with van der Waals surface area (Å²) in [5, 5.41) is 21.8. The number of rotatable bonds is 5. The molecule has 1 aromatic rings. The number of aromatic carboxylic acids is 1. The highest BCUT2D eigenvalue weighted by atomic mass is 16.4. The van der Waals surface area contributed by atoms with E-state index in [0.717, 1.165) is 32.2 Å². The Balaban J connectivity index is 1.79. The van der Waals surface area contributed by atoms with E-state index in [4.69, 9.17) is 9.52 Å². The van der Waals surface area contributed by atoms with E-state index in [-0.39, 0.29) is 11.7 Å². The van der Waals surface area contributed by atoms with Crippen LogP contribution in [0.2, 0.25) is 0 Å². The van der Waals surface area contributed by atoms with E-state index in [1.54, 1.807) is 13.0 Å². The molecule has 2 atom stereocenters. The summed E-state index contributed by atoms with van der Waals surface area (Å²) in [6.45, 7) is 3.02. The van der Waals surface area contributed by atoms with Gasteiger partial charge in [0.1, 0.15) is 17.1 Å². The van der Waals surface area contributed by atoms with E-state index in [0.29, 0.717) is 24.0 Å². The zero-order chi connectivity index (χ0) is 13.8. The quantitative estimate of drug-likeness (QED) is 0.759. The van der Waals surface area contributed by atoms with Crippen LogP contribution in [0, 0.1) is 12.8 Å². The average Bonchev–Trinajstić information content (AvgIpc) is 2.71. The molecule has 0 spiro atoms. The molecule has 1 aliphatic rings. The lowest BCUT2D eigenvalue weighted by Gasteiger charge is -2.25. The Hall–Kier alpha value is -1.33. The minimum atomic E-state index is -0.956. The fourth-order valence-electron chi connectivity index (χ4n) is 2.69. The highest BCUT2D eigenvalue weighted by Gasteiger charge is 2.20. The van der Waals surface area contributed by atoms with Crippen LogP contribution in [-0.2, 0) is 6.54 Å². The van der Waals surface area contributed by atoms with Crippen molar-refractivity contribution in [1.82, 2.24) is 5.32 Å². The van der Waals surface area contributed by atoms with Crippen molar-refractivity contribution < 1.29 is 19.4 Å². The molecule has 0 amide bonds. The van der Waals surface area contributed by atoms with Crippen molar-refractivity contribution in [3.63, 3.8) is 0 Å². The Bertz CT molecular complexity index is 441. The van der Waals surface area contributed by atoms with Crippen LogP contribution in [0.4, 0.5) is 0 Å². The molecule has 0 aliphatic heterocycles. The normalized spacial score (nSPS) is 23.5. The molecule has 1 saturated carbocycles. The highest BCUT2D eigenvalue weighted by Crippen LogP contribution is 2.23. The highest BCUT2D eigenvalue weighted by molar-refractivity contribution is 5.88. The second-order valence-electron chi connectivity index (χ2n) is 5.31. The lowest BCUT2D eigenvalue weighted by molar-refractivity contribution is 0.0695. The summed E-state index contributed by atoms with van der Waals surface area (Å²) in [6, 6.07) is 1.57. The first-order valence-corrected chi connectivity index (χ1v) is 6.77. The first kappa shape index (κ1) is 14.1. The van der Waals surface area contributed by atoms with E-state index in [9.17, 15) is 9.90 Å². The maximum absolute atomic E-state index is 10.9. The number of hydrogen-bond acceptors (Lipinski definition) is 4. The summed E-state index contributed by atoms with van der Waals surface area (Å²) in [6.07, 6.45) is 3.82. The topological polar surface area (TPSA) is 82.7 Å². The molecule has 0 aromatic carbocycles. The number of aryl methyl sites for hydroxylation is 1. The fraction of sp³-hybridized carbons (Fsp3) is 0.643. The minimum absolute atomic E-state index is 0.162. The number of nitrogens with one attached hydrogen (secondary N) is 1. The first-order valence-electron chi connectivity index (χ1n) is 6.77. The minimum Gasteiger partial charge on any atom is -0.478 e. The summed E-state index contributed by atoms with van der Waals surface area (Å²) in [4.78, 5) is 10.9. The predicted octanol–water partition coefficient (Wildman–Crippen LogP) is 1.93. The van der Waals surface area contributed by atoms with Crippen LogP contribution < -0.4 is 5.32 Å². The van der Waals surface area contributed by atoms with E-state index in [1.807, 2.05) is 0 Å². The monoisotopic (exact) mass is 267 g/mol. The molecule has 1 aromatic heterocycles. The Morgan fingerprint density at radius 2 is 2.32 bits per heavy atom. The van der Waals surface area contributed by atoms with Gasteiger partial charge in [0.2, 0.25) is 0 Å². The number of aliphatic hydroxyl groups is 1. The van der Waals surface area contributed by atoms with Crippen LogP contribution >= 0.6 is 0 Å². The molecule has 0 bridgehead atoms. The number of furan rings is 1. The Morgan fingerprint density at radius 3 is 2.95 bits per heavy atom. The zero-order valence-electron chi connectivity index (χ0n) is 11.2. The lowest BCUT2D eigenvalue weighted by atomic mass is 9.87. The largest absolute Gasteiger partial charge is 0.478 e. The molecule has 1 fully saturated rings. The molecule has 2 rings (SSSR count). The fourth-order valence-corrected chi connectivity index (χ4v) is 2.69. The van der Waals surface area contributed by atoms with Gasteiger partial charge in [0.25, 0.3) is 0 Å². The third-order valence-corrected chi connectivity index (χ3v) is 3.69. The van der Waals surface area contributed by atoms with Crippen LogP contribution in [0.1, 0.15) is 47.6 Å². The van der Waals surface area contributed by atoms with Gasteiger partial charge in [-0.25, -0.2) is 4.79 Å². The van der Waals surface area contributed by atoms with Crippen LogP contribution in [0.25, 0.3) is 0 Å².